The highest BCUT2D eigenvalue weighted by atomic mass is 79.9. The number of carbonyl (C=O) groups is 1. The standard InChI is InChI=1S/C11H14BrFN2O/c1-7(15-6-11(16)14-2)8-3-4-9(12)10(13)5-8/h3-5,7,15H,6H2,1-2H3,(H,14,16). The Hall–Kier alpha value is -0.940. The summed E-state index contributed by atoms with van der Waals surface area (Å²) in [6.07, 6.45) is 0. The van der Waals surface area contributed by atoms with Gasteiger partial charge in [0.05, 0.1) is 11.0 Å². The second kappa shape index (κ2) is 5.96. The van der Waals surface area contributed by atoms with E-state index in [2.05, 4.69) is 26.6 Å². The van der Waals surface area contributed by atoms with Crippen LogP contribution in [0.4, 0.5) is 4.39 Å². The van der Waals surface area contributed by atoms with Crippen molar-refractivity contribution in [2.24, 2.45) is 0 Å². The topological polar surface area (TPSA) is 41.1 Å². The lowest BCUT2D eigenvalue weighted by Crippen LogP contribution is -2.32. The fourth-order valence-corrected chi connectivity index (χ4v) is 1.48. The number of hydrogen-bond acceptors (Lipinski definition) is 2. The van der Waals surface area contributed by atoms with E-state index in [1.807, 2.05) is 13.0 Å². The zero-order valence-electron chi connectivity index (χ0n) is 9.18. The lowest BCUT2D eigenvalue weighted by molar-refractivity contribution is -0.119. The van der Waals surface area contributed by atoms with Gasteiger partial charge in [0, 0.05) is 13.1 Å². The Morgan fingerprint density at radius 3 is 2.81 bits per heavy atom. The monoisotopic (exact) mass is 288 g/mol. The first-order valence-corrected chi connectivity index (χ1v) is 5.72. The number of likely N-dealkylation sites (N-methyl/N-ethyl adjacent to an activating group) is 1. The minimum atomic E-state index is -0.300. The van der Waals surface area contributed by atoms with Crippen LogP contribution >= 0.6 is 15.9 Å². The highest BCUT2D eigenvalue weighted by Crippen LogP contribution is 2.20. The summed E-state index contributed by atoms with van der Waals surface area (Å²) in [7, 11) is 1.58. The summed E-state index contributed by atoms with van der Waals surface area (Å²) in [5.74, 6) is -0.393. The molecule has 2 N–H and O–H groups in total. The molecule has 0 fully saturated rings. The molecule has 5 heteroatoms. The molecule has 1 aromatic rings. The predicted molar refractivity (Wildman–Crippen MR) is 64.6 cm³/mol. The van der Waals surface area contributed by atoms with Crippen molar-refractivity contribution in [2.75, 3.05) is 13.6 Å². The molecular formula is C11H14BrFN2O. The average molecular weight is 289 g/mol. The maximum Gasteiger partial charge on any atom is 0.233 e. The zero-order chi connectivity index (χ0) is 12.1. The fraction of sp³-hybridized carbons (Fsp3) is 0.364. The first-order chi connectivity index (χ1) is 7.54. The first kappa shape index (κ1) is 13.1. The van der Waals surface area contributed by atoms with Crippen LogP contribution in [0.1, 0.15) is 18.5 Å². The van der Waals surface area contributed by atoms with Crippen LogP contribution in [0, 0.1) is 5.82 Å². The molecule has 0 radical (unpaired) electrons. The molecule has 3 nitrogen and oxygen atoms in total. The van der Waals surface area contributed by atoms with Crippen molar-refractivity contribution in [3.05, 3.63) is 34.1 Å². The Balaban J connectivity index is 2.62. The van der Waals surface area contributed by atoms with E-state index in [4.69, 9.17) is 0 Å². The van der Waals surface area contributed by atoms with Crippen molar-refractivity contribution in [1.82, 2.24) is 10.6 Å². The predicted octanol–water partition coefficient (Wildman–Crippen LogP) is 1.98. The van der Waals surface area contributed by atoms with Crippen LogP contribution < -0.4 is 10.6 Å². The van der Waals surface area contributed by atoms with E-state index in [-0.39, 0.29) is 24.3 Å². The van der Waals surface area contributed by atoms with Crippen LogP contribution in [0.3, 0.4) is 0 Å². The molecule has 0 saturated carbocycles. The van der Waals surface area contributed by atoms with Gasteiger partial charge in [0.25, 0.3) is 0 Å². The third-order valence-corrected chi connectivity index (χ3v) is 2.93. The normalized spacial score (nSPS) is 12.2. The van der Waals surface area contributed by atoms with E-state index in [1.165, 1.54) is 6.07 Å². The Morgan fingerprint density at radius 2 is 2.25 bits per heavy atom. The van der Waals surface area contributed by atoms with E-state index in [9.17, 15) is 9.18 Å². The van der Waals surface area contributed by atoms with Gasteiger partial charge in [-0.15, -0.1) is 0 Å². The Labute approximate surface area is 103 Å². The lowest BCUT2D eigenvalue weighted by atomic mass is 10.1. The van der Waals surface area contributed by atoms with E-state index in [1.54, 1.807) is 13.1 Å². The largest absolute Gasteiger partial charge is 0.358 e. The quantitative estimate of drug-likeness (QED) is 0.890. The van der Waals surface area contributed by atoms with Crippen molar-refractivity contribution >= 4 is 21.8 Å². The maximum atomic E-state index is 13.3. The van der Waals surface area contributed by atoms with Crippen molar-refractivity contribution in [3.63, 3.8) is 0 Å². The SMILES string of the molecule is CNC(=O)CNC(C)c1ccc(Br)c(F)c1. The average Bonchev–Trinajstić information content (AvgIpc) is 2.29. The number of hydrogen-bond donors (Lipinski definition) is 2. The highest BCUT2D eigenvalue weighted by molar-refractivity contribution is 9.10. The van der Waals surface area contributed by atoms with Crippen LogP contribution in [-0.2, 0) is 4.79 Å². The van der Waals surface area contributed by atoms with Gasteiger partial charge in [-0.1, -0.05) is 6.07 Å². The molecule has 88 valence electrons. The number of benzene rings is 1. The second-order valence-corrected chi connectivity index (χ2v) is 4.30. The summed E-state index contributed by atoms with van der Waals surface area (Å²) in [6.45, 7) is 2.10. The van der Waals surface area contributed by atoms with E-state index >= 15 is 0 Å². The van der Waals surface area contributed by atoms with Crippen LogP contribution in [0.15, 0.2) is 22.7 Å². The summed E-state index contributed by atoms with van der Waals surface area (Å²) in [5, 5.41) is 5.51. The molecule has 0 aliphatic carbocycles. The van der Waals surface area contributed by atoms with Gasteiger partial charge < -0.3 is 10.6 Å². The van der Waals surface area contributed by atoms with Crippen molar-refractivity contribution < 1.29 is 9.18 Å². The molecule has 0 saturated heterocycles. The Bertz CT molecular complexity index is 384. The molecule has 1 aromatic carbocycles. The summed E-state index contributed by atoms with van der Waals surface area (Å²) in [5.41, 5.74) is 0.810. The zero-order valence-corrected chi connectivity index (χ0v) is 10.8. The van der Waals surface area contributed by atoms with E-state index < -0.39 is 0 Å². The molecule has 0 aliphatic rings. The number of nitrogens with one attached hydrogen (secondary N) is 2. The first-order valence-electron chi connectivity index (χ1n) is 4.93. The number of halogens is 2. The molecule has 1 atom stereocenters. The Morgan fingerprint density at radius 1 is 1.56 bits per heavy atom. The number of amides is 1. The van der Waals surface area contributed by atoms with Gasteiger partial charge in [0.15, 0.2) is 0 Å². The molecule has 0 spiro atoms. The van der Waals surface area contributed by atoms with Crippen LogP contribution in [0.25, 0.3) is 0 Å². The lowest BCUT2D eigenvalue weighted by Gasteiger charge is -2.13. The van der Waals surface area contributed by atoms with Gasteiger partial charge in [-0.3, -0.25) is 4.79 Å². The van der Waals surface area contributed by atoms with Gasteiger partial charge in [0.2, 0.25) is 5.91 Å². The summed E-state index contributed by atoms with van der Waals surface area (Å²) in [4.78, 5) is 11.0. The van der Waals surface area contributed by atoms with E-state index in [0.29, 0.717) is 4.47 Å². The van der Waals surface area contributed by atoms with Gasteiger partial charge in [-0.05, 0) is 40.5 Å². The summed E-state index contributed by atoms with van der Waals surface area (Å²) < 4.78 is 13.7. The molecular weight excluding hydrogens is 275 g/mol. The molecule has 1 amide bonds. The summed E-state index contributed by atoms with van der Waals surface area (Å²) >= 11 is 3.09. The number of carbonyl (C=O) groups excluding carboxylic acids is 1. The van der Waals surface area contributed by atoms with Crippen LogP contribution in [0.5, 0.6) is 0 Å². The van der Waals surface area contributed by atoms with Crippen LogP contribution in [0.2, 0.25) is 0 Å². The molecule has 0 aromatic heterocycles. The molecule has 16 heavy (non-hydrogen) atoms. The second-order valence-electron chi connectivity index (χ2n) is 3.45. The Kier molecular flexibility index (Phi) is 4.89. The van der Waals surface area contributed by atoms with Crippen LogP contribution in [-0.4, -0.2) is 19.5 Å². The van der Waals surface area contributed by atoms with Gasteiger partial charge in [0.1, 0.15) is 5.82 Å². The van der Waals surface area contributed by atoms with Gasteiger partial charge >= 0.3 is 0 Å². The molecule has 0 heterocycles. The maximum absolute atomic E-state index is 13.3. The van der Waals surface area contributed by atoms with E-state index in [0.717, 1.165) is 5.56 Å². The van der Waals surface area contributed by atoms with Crippen molar-refractivity contribution in [2.45, 2.75) is 13.0 Å². The molecule has 0 bridgehead atoms. The third-order valence-electron chi connectivity index (χ3n) is 2.29. The van der Waals surface area contributed by atoms with Gasteiger partial charge in [-0.2, -0.15) is 0 Å². The molecule has 0 aliphatic heterocycles. The van der Waals surface area contributed by atoms with Crippen molar-refractivity contribution in [3.8, 4) is 0 Å². The smallest absolute Gasteiger partial charge is 0.233 e. The minimum Gasteiger partial charge on any atom is -0.358 e. The fourth-order valence-electron chi connectivity index (χ4n) is 1.23. The highest BCUT2D eigenvalue weighted by Gasteiger charge is 2.08. The number of rotatable bonds is 4. The molecule has 1 rings (SSSR count). The third kappa shape index (κ3) is 3.57. The van der Waals surface area contributed by atoms with Gasteiger partial charge in [-0.25, -0.2) is 4.39 Å². The minimum absolute atomic E-state index is 0.0695. The summed E-state index contributed by atoms with van der Waals surface area (Å²) in [6, 6.07) is 4.85. The molecule has 1 unspecified atom stereocenters. The van der Waals surface area contributed by atoms with Crippen molar-refractivity contribution in [1.29, 1.82) is 0 Å².